The zero-order valence-corrected chi connectivity index (χ0v) is 14.7. The Morgan fingerprint density at radius 3 is 2.54 bits per heavy atom. The van der Waals surface area contributed by atoms with E-state index in [9.17, 15) is 9.59 Å². The van der Waals surface area contributed by atoms with Crippen LogP contribution in [0.4, 0.5) is 0 Å². The van der Waals surface area contributed by atoms with Crippen molar-refractivity contribution in [1.29, 1.82) is 0 Å². The lowest BCUT2D eigenvalue weighted by molar-refractivity contribution is -0.145. The van der Waals surface area contributed by atoms with Crippen molar-refractivity contribution in [1.82, 2.24) is 5.32 Å². The Kier molecular flexibility index (Phi) is 6.88. The van der Waals surface area contributed by atoms with Gasteiger partial charge in [0.2, 0.25) is 0 Å². The molecule has 0 aliphatic carbocycles. The van der Waals surface area contributed by atoms with Crippen molar-refractivity contribution in [2.24, 2.45) is 0 Å². The first-order valence-corrected chi connectivity index (χ1v) is 8.69. The van der Waals surface area contributed by atoms with Crippen LogP contribution in [-0.2, 0) is 20.9 Å². The maximum Gasteiger partial charge on any atom is 0.316 e. The molecular formula is C19H21NO3S. The average Bonchev–Trinajstić information content (AvgIpc) is 2.58. The van der Waals surface area contributed by atoms with Crippen LogP contribution in [-0.4, -0.2) is 24.2 Å². The van der Waals surface area contributed by atoms with Crippen molar-refractivity contribution in [3.8, 4) is 0 Å². The van der Waals surface area contributed by atoms with Gasteiger partial charge in [-0.2, -0.15) is 0 Å². The van der Waals surface area contributed by atoms with Gasteiger partial charge in [0.15, 0.2) is 6.61 Å². The maximum atomic E-state index is 11.8. The fraction of sp³-hybridized carbons (Fsp3) is 0.263. The van der Waals surface area contributed by atoms with E-state index in [0.29, 0.717) is 6.54 Å². The van der Waals surface area contributed by atoms with E-state index in [-0.39, 0.29) is 18.3 Å². The summed E-state index contributed by atoms with van der Waals surface area (Å²) in [7, 11) is 0. The van der Waals surface area contributed by atoms with Crippen LogP contribution in [0.3, 0.4) is 0 Å². The van der Waals surface area contributed by atoms with Crippen LogP contribution in [0.15, 0.2) is 53.4 Å². The Morgan fingerprint density at radius 2 is 1.83 bits per heavy atom. The Morgan fingerprint density at radius 1 is 1.08 bits per heavy atom. The second-order valence-electron chi connectivity index (χ2n) is 5.48. The van der Waals surface area contributed by atoms with E-state index in [4.69, 9.17) is 4.74 Å². The van der Waals surface area contributed by atoms with Gasteiger partial charge < -0.3 is 10.1 Å². The summed E-state index contributed by atoms with van der Waals surface area (Å²) in [6.45, 7) is 4.22. The molecule has 0 heterocycles. The van der Waals surface area contributed by atoms with Gasteiger partial charge in [0.25, 0.3) is 5.91 Å². The Balaban J connectivity index is 1.68. The molecule has 24 heavy (non-hydrogen) atoms. The Hall–Kier alpha value is -2.27. The van der Waals surface area contributed by atoms with Crippen LogP contribution in [0, 0.1) is 13.8 Å². The minimum Gasteiger partial charge on any atom is -0.455 e. The van der Waals surface area contributed by atoms with Gasteiger partial charge in [-0.3, -0.25) is 9.59 Å². The van der Waals surface area contributed by atoms with Crippen LogP contribution >= 0.6 is 11.8 Å². The number of amides is 1. The van der Waals surface area contributed by atoms with E-state index in [2.05, 4.69) is 11.4 Å². The summed E-state index contributed by atoms with van der Waals surface area (Å²) in [4.78, 5) is 24.5. The van der Waals surface area contributed by atoms with E-state index in [1.54, 1.807) is 0 Å². The molecule has 0 fully saturated rings. The molecule has 1 amide bonds. The van der Waals surface area contributed by atoms with Crippen LogP contribution in [0.2, 0.25) is 0 Å². The lowest BCUT2D eigenvalue weighted by Gasteiger charge is -2.08. The van der Waals surface area contributed by atoms with Crippen molar-refractivity contribution in [3.63, 3.8) is 0 Å². The summed E-state index contributed by atoms with van der Waals surface area (Å²) < 4.78 is 5.01. The highest BCUT2D eigenvalue weighted by molar-refractivity contribution is 8.00. The van der Waals surface area contributed by atoms with Gasteiger partial charge in [-0.25, -0.2) is 0 Å². The second-order valence-corrected chi connectivity index (χ2v) is 6.50. The number of carbonyl (C=O) groups is 2. The van der Waals surface area contributed by atoms with Gasteiger partial charge >= 0.3 is 5.97 Å². The van der Waals surface area contributed by atoms with Gasteiger partial charge in [-0.05, 0) is 31.0 Å². The number of hydrogen-bond donors (Lipinski definition) is 1. The third-order valence-electron chi connectivity index (χ3n) is 3.37. The van der Waals surface area contributed by atoms with Crippen molar-refractivity contribution < 1.29 is 14.3 Å². The highest BCUT2D eigenvalue weighted by Crippen LogP contribution is 2.23. The van der Waals surface area contributed by atoms with Crippen molar-refractivity contribution in [3.05, 3.63) is 65.2 Å². The summed E-state index contributed by atoms with van der Waals surface area (Å²) in [6, 6.07) is 15.7. The number of esters is 1. The number of hydrogen-bond acceptors (Lipinski definition) is 4. The average molecular weight is 343 g/mol. The third-order valence-corrected chi connectivity index (χ3v) is 4.52. The van der Waals surface area contributed by atoms with Gasteiger partial charge in [-0.1, -0.05) is 48.0 Å². The first-order valence-electron chi connectivity index (χ1n) is 7.71. The number of nitrogens with one attached hydrogen (secondary N) is 1. The second kappa shape index (κ2) is 9.13. The molecule has 5 heteroatoms. The molecule has 0 spiro atoms. The molecule has 2 rings (SSSR count). The Labute approximate surface area is 146 Å². The van der Waals surface area contributed by atoms with Crippen LogP contribution in [0.1, 0.15) is 16.7 Å². The molecule has 1 N–H and O–H groups in total. The lowest BCUT2D eigenvalue weighted by Crippen LogP contribution is -2.28. The molecule has 0 radical (unpaired) electrons. The molecule has 0 unspecified atom stereocenters. The van der Waals surface area contributed by atoms with Gasteiger partial charge in [-0.15, -0.1) is 11.8 Å². The summed E-state index contributed by atoms with van der Waals surface area (Å²) in [5.74, 6) is -0.505. The third kappa shape index (κ3) is 6.08. The maximum absolute atomic E-state index is 11.8. The fourth-order valence-corrected chi connectivity index (χ4v) is 2.94. The summed E-state index contributed by atoms with van der Waals surface area (Å²) in [5, 5.41) is 2.72. The largest absolute Gasteiger partial charge is 0.455 e. The van der Waals surface area contributed by atoms with Gasteiger partial charge in [0.05, 0.1) is 5.75 Å². The molecule has 4 nitrogen and oxygen atoms in total. The van der Waals surface area contributed by atoms with Crippen LogP contribution in [0.25, 0.3) is 0 Å². The van der Waals surface area contributed by atoms with E-state index < -0.39 is 5.97 Å². The molecule has 0 aromatic heterocycles. The summed E-state index contributed by atoms with van der Waals surface area (Å²) in [6.07, 6.45) is 0. The van der Waals surface area contributed by atoms with Crippen LogP contribution < -0.4 is 5.32 Å². The van der Waals surface area contributed by atoms with Crippen LogP contribution in [0.5, 0.6) is 0 Å². The lowest BCUT2D eigenvalue weighted by atomic mass is 10.2. The zero-order valence-electron chi connectivity index (χ0n) is 13.9. The minimum atomic E-state index is -0.394. The first-order chi connectivity index (χ1) is 11.5. The van der Waals surface area contributed by atoms with Gasteiger partial charge in [0, 0.05) is 11.4 Å². The molecule has 2 aromatic carbocycles. The van der Waals surface area contributed by atoms with Crippen molar-refractivity contribution in [2.45, 2.75) is 25.3 Å². The normalized spacial score (nSPS) is 10.2. The van der Waals surface area contributed by atoms with E-state index in [1.165, 1.54) is 17.3 Å². The number of ether oxygens (including phenoxy) is 1. The molecule has 2 aromatic rings. The highest BCUT2D eigenvalue weighted by Gasteiger charge is 2.09. The van der Waals surface area contributed by atoms with E-state index in [1.807, 2.05) is 56.3 Å². The molecule has 0 saturated carbocycles. The molecule has 126 valence electrons. The number of benzene rings is 2. The molecular weight excluding hydrogens is 322 g/mol. The summed E-state index contributed by atoms with van der Waals surface area (Å²) in [5.41, 5.74) is 3.32. The minimum absolute atomic E-state index is 0.190. The standard InChI is InChI=1S/C19H21NO3S/c1-14-8-9-17(15(2)10-14)24-13-19(22)23-12-18(21)20-11-16-6-4-3-5-7-16/h3-10H,11-13H2,1-2H3,(H,20,21). The smallest absolute Gasteiger partial charge is 0.316 e. The number of thioether (sulfide) groups is 1. The fourth-order valence-electron chi connectivity index (χ4n) is 2.13. The highest BCUT2D eigenvalue weighted by atomic mass is 32.2. The molecule has 0 aliphatic heterocycles. The van der Waals surface area contributed by atoms with E-state index >= 15 is 0 Å². The first kappa shape index (κ1) is 18.1. The number of aryl methyl sites for hydroxylation is 2. The molecule has 0 saturated heterocycles. The van der Waals surface area contributed by atoms with Gasteiger partial charge in [0.1, 0.15) is 0 Å². The number of carbonyl (C=O) groups excluding carboxylic acids is 2. The summed E-state index contributed by atoms with van der Waals surface area (Å²) >= 11 is 1.42. The monoisotopic (exact) mass is 343 g/mol. The Bertz CT molecular complexity index is 701. The predicted molar refractivity (Wildman–Crippen MR) is 95.9 cm³/mol. The zero-order chi connectivity index (χ0) is 17.4. The van der Waals surface area contributed by atoms with E-state index in [0.717, 1.165) is 16.0 Å². The molecule has 0 aliphatic rings. The van der Waals surface area contributed by atoms with Crippen molar-refractivity contribution >= 4 is 23.6 Å². The topological polar surface area (TPSA) is 55.4 Å². The molecule has 0 atom stereocenters. The van der Waals surface area contributed by atoms with Crippen molar-refractivity contribution in [2.75, 3.05) is 12.4 Å². The molecule has 0 bridgehead atoms. The quantitative estimate of drug-likeness (QED) is 0.619. The number of rotatable bonds is 7. The predicted octanol–water partition coefficient (Wildman–Crippen LogP) is 3.26. The SMILES string of the molecule is Cc1ccc(SCC(=O)OCC(=O)NCc2ccccc2)c(C)c1.